The summed E-state index contributed by atoms with van der Waals surface area (Å²) in [5, 5.41) is 4.26. The van der Waals surface area contributed by atoms with Crippen molar-refractivity contribution >= 4 is 17.3 Å². The van der Waals surface area contributed by atoms with Gasteiger partial charge in [-0.2, -0.15) is 0 Å². The quantitative estimate of drug-likeness (QED) is 0.468. The van der Waals surface area contributed by atoms with Gasteiger partial charge < -0.3 is 14.8 Å². The monoisotopic (exact) mass is 425 g/mol. The highest BCUT2D eigenvalue weighted by Crippen LogP contribution is 2.40. The van der Waals surface area contributed by atoms with Crippen LogP contribution in [0.4, 0.5) is 0 Å². The number of nitrogens with one attached hydrogen (secondary N) is 1. The Balaban J connectivity index is 1.62. The van der Waals surface area contributed by atoms with E-state index in [1.54, 1.807) is 6.20 Å². The van der Waals surface area contributed by atoms with E-state index in [1.165, 1.54) is 16.9 Å². The molecule has 1 aliphatic heterocycles. The molecule has 4 aromatic rings. The Kier molecular flexibility index (Phi) is 5.22. The summed E-state index contributed by atoms with van der Waals surface area (Å²) in [5.41, 5.74) is 5.65. The molecule has 0 unspecified atom stereocenters. The van der Waals surface area contributed by atoms with Crippen molar-refractivity contribution in [1.29, 1.82) is 0 Å². The third-order valence-electron chi connectivity index (χ3n) is 5.73. The van der Waals surface area contributed by atoms with Gasteiger partial charge in [-0.15, -0.1) is 0 Å². The van der Waals surface area contributed by atoms with Gasteiger partial charge in [0.1, 0.15) is 0 Å². The first kappa shape index (κ1) is 19.5. The normalized spacial score (nSPS) is 18.2. The molecule has 31 heavy (non-hydrogen) atoms. The summed E-state index contributed by atoms with van der Waals surface area (Å²) in [6, 6.07) is 22.7. The second-order valence-electron chi connectivity index (χ2n) is 7.71. The van der Waals surface area contributed by atoms with Crippen molar-refractivity contribution in [2.75, 3.05) is 0 Å². The predicted molar refractivity (Wildman–Crippen MR) is 126 cm³/mol. The number of nitrogens with zero attached hydrogens (tertiary/aromatic N) is 4. The lowest BCUT2D eigenvalue weighted by atomic mass is 10.0. The first-order chi connectivity index (χ1) is 15.2. The number of hydrogen-bond donors (Lipinski definition) is 1. The maximum absolute atomic E-state index is 5.81. The van der Waals surface area contributed by atoms with Gasteiger partial charge in [-0.3, -0.25) is 9.97 Å². The second-order valence-corrected chi connectivity index (χ2v) is 8.09. The predicted octanol–water partition coefficient (Wildman–Crippen LogP) is 4.75. The minimum Gasteiger partial charge on any atom is -0.352 e. The van der Waals surface area contributed by atoms with Crippen LogP contribution in [0.15, 0.2) is 91.5 Å². The molecule has 5 nitrogen and oxygen atoms in total. The van der Waals surface area contributed by atoms with Crippen LogP contribution in [0.3, 0.4) is 0 Å². The molecule has 1 fully saturated rings. The highest BCUT2D eigenvalue weighted by atomic mass is 32.1. The van der Waals surface area contributed by atoms with E-state index >= 15 is 0 Å². The van der Waals surface area contributed by atoms with E-state index < -0.39 is 0 Å². The molecule has 0 amide bonds. The maximum Gasteiger partial charge on any atom is 0.170 e. The molecule has 0 saturated carbocycles. The van der Waals surface area contributed by atoms with Gasteiger partial charge in [0.25, 0.3) is 0 Å². The summed E-state index contributed by atoms with van der Waals surface area (Å²) in [7, 11) is 0. The van der Waals surface area contributed by atoms with Crippen LogP contribution in [0, 0.1) is 6.92 Å². The Morgan fingerprint density at radius 1 is 0.968 bits per heavy atom. The Labute approximate surface area is 187 Å². The van der Waals surface area contributed by atoms with Crippen LogP contribution < -0.4 is 5.32 Å². The molecule has 0 aliphatic carbocycles. The summed E-state index contributed by atoms with van der Waals surface area (Å²) >= 11 is 5.81. The molecule has 1 aliphatic rings. The number of aryl methyl sites for hydroxylation is 1. The third kappa shape index (κ3) is 3.70. The van der Waals surface area contributed by atoms with E-state index in [1.807, 2.05) is 30.6 Å². The SMILES string of the molecule is Cc1ccccc1-n1cccc1[C@@H]1[C@@H](c2ccccn2)NC(=S)N1Cc1cccnc1. The van der Waals surface area contributed by atoms with Gasteiger partial charge in [-0.05, 0) is 66.7 Å². The average molecular weight is 426 g/mol. The highest BCUT2D eigenvalue weighted by Gasteiger charge is 2.41. The fraction of sp³-hybridized carbons (Fsp3) is 0.160. The van der Waals surface area contributed by atoms with Crippen LogP contribution in [-0.4, -0.2) is 24.5 Å². The number of benzene rings is 1. The molecule has 1 N–H and O–H groups in total. The molecule has 2 atom stereocenters. The molecule has 0 radical (unpaired) electrons. The molecule has 0 spiro atoms. The lowest BCUT2D eigenvalue weighted by Crippen LogP contribution is -2.30. The molecular formula is C25H23N5S. The minimum atomic E-state index is -0.0527. The second kappa shape index (κ2) is 8.32. The van der Waals surface area contributed by atoms with Gasteiger partial charge in [-0.1, -0.05) is 30.3 Å². The number of aromatic nitrogens is 3. The molecular weight excluding hydrogens is 402 g/mol. The molecule has 154 valence electrons. The van der Waals surface area contributed by atoms with Crippen molar-refractivity contribution in [3.63, 3.8) is 0 Å². The topological polar surface area (TPSA) is 46.0 Å². The summed E-state index contributed by atoms with van der Waals surface area (Å²) < 4.78 is 2.27. The van der Waals surface area contributed by atoms with Crippen LogP contribution in [0.2, 0.25) is 0 Å². The molecule has 4 heterocycles. The molecule has 1 saturated heterocycles. The number of rotatable bonds is 5. The summed E-state index contributed by atoms with van der Waals surface area (Å²) in [4.78, 5) is 11.2. The zero-order valence-corrected chi connectivity index (χ0v) is 18.0. The van der Waals surface area contributed by atoms with Gasteiger partial charge in [-0.25, -0.2) is 0 Å². The van der Waals surface area contributed by atoms with Gasteiger partial charge >= 0.3 is 0 Å². The molecule has 5 rings (SSSR count). The Bertz CT molecular complexity index is 1190. The largest absolute Gasteiger partial charge is 0.352 e. The van der Waals surface area contributed by atoms with E-state index in [4.69, 9.17) is 12.2 Å². The van der Waals surface area contributed by atoms with E-state index in [9.17, 15) is 0 Å². The maximum atomic E-state index is 5.81. The van der Waals surface area contributed by atoms with Crippen molar-refractivity contribution in [3.8, 4) is 5.69 Å². The summed E-state index contributed by atoms with van der Waals surface area (Å²) in [6.45, 7) is 2.81. The lowest BCUT2D eigenvalue weighted by Gasteiger charge is -2.29. The van der Waals surface area contributed by atoms with E-state index in [0.717, 1.165) is 16.4 Å². The van der Waals surface area contributed by atoms with Gasteiger partial charge in [0.15, 0.2) is 5.11 Å². The number of hydrogen-bond acceptors (Lipinski definition) is 3. The van der Waals surface area contributed by atoms with Crippen molar-refractivity contribution in [2.24, 2.45) is 0 Å². The lowest BCUT2D eigenvalue weighted by molar-refractivity contribution is 0.302. The van der Waals surface area contributed by atoms with E-state index in [0.29, 0.717) is 6.54 Å². The molecule has 0 bridgehead atoms. The van der Waals surface area contributed by atoms with Gasteiger partial charge in [0.05, 0.1) is 17.8 Å². The Morgan fingerprint density at radius 3 is 2.61 bits per heavy atom. The van der Waals surface area contributed by atoms with Crippen molar-refractivity contribution in [2.45, 2.75) is 25.6 Å². The summed E-state index contributed by atoms with van der Waals surface area (Å²) in [5.74, 6) is 0. The smallest absolute Gasteiger partial charge is 0.170 e. The van der Waals surface area contributed by atoms with Crippen molar-refractivity contribution in [3.05, 3.63) is 114 Å². The zero-order chi connectivity index (χ0) is 21.2. The van der Waals surface area contributed by atoms with Crippen LogP contribution in [-0.2, 0) is 6.54 Å². The highest BCUT2D eigenvalue weighted by molar-refractivity contribution is 7.80. The van der Waals surface area contributed by atoms with Crippen LogP contribution in [0.5, 0.6) is 0 Å². The number of para-hydroxylation sites is 1. The fourth-order valence-corrected chi connectivity index (χ4v) is 4.58. The van der Waals surface area contributed by atoms with Crippen molar-refractivity contribution < 1.29 is 0 Å². The Morgan fingerprint density at radius 2 is 1.84 bits per heavy atom. The van der Waals surface area contributed by atoms with Crippen LogP contribution in [0.25, 0.3) is 5.69 Å². The number of pyridine rings is 2. The summed E-state index contributed by atoms with van der Waals surface area (Å²) in [6.07, 6.45) is 7.65. The van der Waals surface area contributed by atoms with Crippen molar-refractivity contribution in [1.82, 2.24) is 24.8 Å². The molecule has 1 aromatic carbocycles. The number of thiocarbonyl (C=S) groups is 1. The minimum absolute atomic E-state index is 0.0165. The zero-order valence-electron chi connectivity index (χ0n) is 17.2. The standard InChI is InChI=1S/C25H23N5S/c1-18-8-2-3-11-21(18)29-15-7-12-22(29)24-23(20-10-4-5-14-27-20)28-25(31)30(24)17-19-9-6-13-26-16-19/h2-16,23-24H,17H2,1H3,(H,28,31)/t23-,24-/m1/s1. The fourth-order valence-electron chi connectivity index (χ4n) is 4.27. The van der Waals surface area contributed by atoms with Gasteiger partial charge in [0, 0.05) is 42.7 Å². The van der Waals surface area contributed by atoms with E-state index in [2.05, 4.69) is 86.4 Å². The van der Waals surface area contributed by atoms with E-state index in [-0.39, 0.29) is 12.1 Å². The molecule has 6 heteroatoms. The van der Waals surface area contributed by atoms with Gasteiger partial charge in [0.2, 0.25) is 0 Å². The Hall–Kier alpha value is -3.51. The first-order valence-corrected chi connectivity index (χ1v) is 10.7. The van der Waals surface area contributed by atoms with Crippen LogP contribution in [0.1, 0.15) is 34.6 Å². The average Bonchev–Trinajstić information content (AvgIpc) is 3.40. The van der Waals surface area contributed by atoms with Crippen LogP contribution >= 0.6 is 12.2 Å². The third-order valence-corrected chi connectivity index (χ3v) is 6.08. The molecule has 3 aromatic heterocycles. The first-order valence-electron chi connectivity index (χ1n) is 10.3.